The Kier molecular flexibility index (Phi) is 2.73. The molecule has 0 heterocycles. The monoisotopic (exact) mass is 185 g/mol. The van der Waals surface area contributed by atoms with Crippen LogP contribution in [0.25, 0.3) is 0 Å². The molecule has 13 heavy (non-hydrogen) atoms. The molecule has 0 saturated carbocycles. The second-order valence-electron chi connectivity index (χ2n) is 3.62. The van der Waals surface area contributed by atoms with Gasteiger partial charge in [-0.05, 0) is 13.3 Å². The Bertz CT molecular complexity index is 239. The third kappa shape index (κ3) is 1.89. The maximum atomic E-state index is 11.3. The fourth-order valence-electron chi connectivity index (χ4n) is 1.47. The van der Waals surface area contributed by atoms with Crippen molar-refractivity contribution in [3.8, 4) is 0 Å². The van der Waals surface area contributed by atoms with Gasteiger partial charge in [-0.2, -0.15) is 0 Å². The Balaban J connectivity index is 2.83. The fourth-order valence-corrected chi connectivity index (χ4v) is 1.47. The molecule has 4 nitrogen and oxygen atoms in total. The first-order valence-corrected chi connectivity index (χ1v) is 4.21. The van der Waals surface area contributed by atoms with Gasteiger partial charge in [-0.1, -0.05) is 12.2 Å². The van der Waals surface area contributed by atoms with Crippen molar-refractivity contribution in [1.82, 2.24) is 0 Å². The summed E-state index contributed by atoms with van der Waals surface area (Å²) in [6.45, 7) is 1.73. The SMILES string of the molecule is COC(=O)C1(C)C=CC(N)C(O)C1. The molecule has 0 bridgehead atoms. The predicted molar refractivity (Wildman–Crippen MR) is 47.9 cm³/mol. The van der Waals surface area contributed by atoms with Crippen LogP contribution in [0.1, 0.15) is 13.3 Å². The molecular weight excluding hydrogens is 170 g/mol. The smallest absolute Gasteiger partial charge is 0.315 e. The minimum absolute atomic E-state index is 0.317. The number of hydrogen-bond donors (Lipinski definition) is 2. The lowest BCUT2D eigenvalue weighted by Crippen LogP contribution is -2.43. The number of hydrogen-bond acceptors (Lipinski definition) is 4. The Labute approximate surface area is 77.4 Å². The molecule has 0 saturated heterocycles. The van der Waals surface area contributed by atoms with Crippen LogP contribution in [-0.2, 0) is 9.53 Å². The van der Waals surface area contributed by atoms with Crippen LogP contribution in [0.15, 0.2) is 12.2 Å². The van der Waals surface area contributed by atoms with Crippen LogP contribution >= 0.6 is 0 Å². The van der Waals surface area contributed by atoms with E-state index >= 15 is 0 Å². The Morgan fingerprint density at radius 3 is 2.85 bits per heavy atom. The molecule has 0 aromatic heterocycles. The summed E-state index contributed by atoms with van der Waals surface area (Å²) in [4.78, 5) is 11.3. The van der Waals surface area contributed by atoms with Crippen molar-refractivity contribution in [3.05, 3.63) is 12.2 Å². The number of aliphatic hydroxyl groups excluding tert-OH is 1. The van der Waals surface area contributed by atoms with Gasteiger partial charge in [-0.25, -0.2) is 0 Å². The van der Waals surface area contributed by atoms with Gasteiger partial charge in [0.05, 0.1) is 18.6 Å². The largest absolute Gasteiger partial charge is 0.468 e. The zero-order valence-electron chi connectivity index (χ0n) is 7.86. The van der Waals surface area contributed by atoms with Gasteiger partial charge >= 0.3 is 5.97 Å². The highest BCUT2D eigenvalue weighted by atomic mass is 16.5. The molecule has 0 amide bonds. The van der Waals surface area contributed by atoms with E-state index in [1.807, 2.05) is 0 Å². The number of methoxy groups -OCH3 is 1. The zero-order valence-corrected chi connectivity index (χ0v) is 7.86. The molecule has 1 aliphatic rings. The summed E-state index contributed by atoms with van der Waals surface area (Å²) in [5, 5.41) is 9.47. The third-order valence-electron chi connectivity index (χ3n) is 2.42. The predicted octanol–water partition coefficient (Wildman–Crippen LogP) is -0.186. The van der Waals surface area contributed by atoms with Crippen molar-refractivity contribution in [1.29, 1.82) is 0 Å². The lowest BCUT2D eigenvalue weighted by Gasteiger charge is -2.31. The number of rotatable bonds is 1. The average molecular weight is 185 g/mol. The molecule has 74 valence electrons. The van der Waals surface area contributed by atoms with Crippen LogP contribution in [0.5, 0.6) is 0 Å². The van der Waals surface area contributed by atoms with E-state index < -0.39 is 11.5 Å². The minimum atomic E-state index is -0.732. The van der Waals surface area contributed by atoms with Crippen molar-refractivity contribution in [2.45, 2.75) is 25.5 Å². The highest BCUT2D eigenvalue weighted by Crippen LogP contribution is 2.31. The van der Waals surface area contributed by atoms with Gasteiger partial charge in [-0.15, -0.1) is 0 Å². The quantitative estimate of drug-likeness (QED) is 0.439. The minimum Gasteiger partial charge on any atom is -0.468 e. The van der Waals surface area contributed by atoms with Gasteiger partial charge in [0.1, 0.15) is 0 Å². The van der Waals surface area contributed by atoms with Crippen molar-refractivity contribution >= 4 is 5.97 Å². The summed E-state index contributed by atoms with van der Waals surface area (Å²) in [6.07, 6.45) is 2.99. The fraction of sp³-hybridized carbons (Fsp3) is 0.667. The van der Waals surface area contributed by atoms with Crippen LogP contribution in [-0.4, -0.2) is 30.3 Å². The topological polar surface area (TPSA) is 72.5 Å². The lowest BCUT2D eigenvalue weighted by atomic mass is 9.78. The normalized spacial score (nSPS) is 38.8. The molecule has 0 aromatic rings. The van der Waals surface area contributed by atoms with E-state index in [0.29, 0.717) is 6.42 Å². The maximum absolute atomic E-state index is 11.3. The van der Waals surface area contributed by atoms with E-state index in [1.54, 1.807) is 19.1 Å². The van der Waals surface area contributed by atoms with Crippen molar-refractivity contribution < 1.29 is 14.6 Å². The van der Waals surface area contributed by atoms with Crippen LogP contribution in [0, 0.1) is 5.41 Å². The number of carbonyl (C=O) groups is 1. The molecule has 0 radical (unpaired) electrons. The first kappa shape index (κ1) is 10.2. The number of nitrogens with two attached hydrogens (primary N) is 1. The highest BCUT2D eigenvalue weighted by Gasteiger charge is 2.38. The van der Waals surface area contributed by atoms with Gasteiger partial charge < -0.3 is 15.6 Å². The molecule has 1 rings (SSSR count). The summed E-state index contributed by atoms with van der Waals surface area (Å²) < 4.78 is 4.63. The summed E-state index contributed by atoms with van der Waals surface area (Å²) in [7, 11) is 1.34. The second kappa shape index (κ2) is 3.47. The molecule has 0 aliphatic heterocycles. The van der Waals surface area contributed by atoms with Gasteiger partial charge in [0, 0.05) is 6.04 Å². The van der Waals surface area contributed by atoms with E-state index in [2.05, 4.69) is 4.74 Å². The zero-order chi connectivity index (χ0) is 10.1. The van der Waals surface area contributed by atoms with Gasteiger partial charge in [0.25, 0.3) is 0 Å². The number of ether oxygens (including phenoxy) is 1. The number of esters is 1. The molecule has 3 atom stereocenters. The van der Waals surface area contributed by atoms with Crippen LogP contribution in [0.4, 0.5) is 0 Å². The molecule has 3 N–H and O–H groups in total. The Morgan fingerprint density at radius 2 is 2.38 bits per heavy atom. The van der Waals surface area contributed by atoms with Crippen molar-refractivity contribution in [2.24, 2.45) is 11.1 Å². The Morgan fingerprint density at radius 1 is 1.77 bits per heavy atom. The molecular formula is C9H15NO3. The molecule has 4 heteroatoms. The van der Waals surface area contributed by atoms with E-state index in [0.717, 1.165) is 0 Å². The van der Waals surface area contributed by atoms with Crippen LogP contribution in [0.2, 0.25) is 0 Å². The van der Waals surface area contributed by atoms with E-state index in [9.17, 15) is 9.90 Å². The van der Waals surface area contributed by atoms with E-state index in [1.165, 1.54) is 7.11 Å². The molecule has 0 spiro atoms. The van der Waals surface area contributed by atoms with Gasteiger partial charge in [0.15, 0.2) is 0 Å². The van der Waals surface area contributed by atoms with Crippen LogP contribution in [0.3, 0.4) is 0 Å². The summed E-state index contributed by atoms with van der Waals surface area (Å²) in [5.74, 6) is -0.338. The molecule has 0 fully saturated rings. The van der Waals surface area contributed by atoms with Crippen molar-refractivity contribution in [2.75, 3.05) is 7.11 Å². The first-order valence-electron chi connectivity index (χ1n) is 4.21. The third-order valence-corrected chi connectivity index (χ3v) is 2.42. The summed E-state index contributed by atoms with van der Waals surface area (Å²) >= 11 is 0. The van der Waals surface area contributed by atoms with Crippen molar-refractivity contribution in [3.63, 3.8) is 0 Å². The molecule has 3 unspecified atom stereocenters. The van der Waals surface area contributed by atoms with E-state index in [4.69, 9.17) is 5.73 Å². The average Bonchev–Trinajstić information content (AvgIpc) is 2.11. The summed E-state index contributed by atoms with van der Waals surface area (Å²) in [5.41, 5.74) is 4.82. The maximum Gasteiger partial charge on any atom is 0.315 e. The second-order valence-corrected chi connectivity index (χ2v) is 3.62. The standard InChI is InChI=1S/C9H15NO3/c1-9(8(12)13-2)4-3-6(10)7(11)5-9/h3-4,6-7,11H,5,10H2,1-2H3. The lowest BCUT2D eigenvalue weighted by molar-refractivity contribution is -0.150. The first-order chi connectivity index (χ1) is 5.99. The van der Waals surface area contributed by atoms with E-state index in [-0.39, 0.29) is 12.0 Å². The van der Waals surface area contributed by atoms with Crippen LogP contribution < -0.4 is 5.73 Å². The highest BCUT2D eigenvalue weighted by molar-refractivity contribution is 5.78. The Hall–Kier alpha value is -0.870. The molecule has 1 aliphatic carbocycles. The number of carbonyl (C=O) groups excluding carboxylic acids is 1. The molecule has 0 aromatic carbocycles. The van der Waals surface area contributed by atoms with Gasteiger partial charge in [0.2, 0.25) is 0 Å². The summed E-state index contributed by atoms with van der Waals surface area (Å²) in [6, 6.07) is -0.377. The number of aliphatic hydroxyl groups is 1. The van der Waals surface area contributed by atoms with Gasteiger partial charge in [-0.3, -0.25) is 4.79 Å².